The lowest BCUT2D eigenvalue weighted by atomic mass is 10.1. The van der Waals surface area contributed by atoms with Crippen LogP contribution in [0.25, 0.3) is 0 Å². The molecule has 2 rings (SSSR count). The highest BCUT2D eigenvalue weighted by Gasteiger charge is 2.03. The van der Waals surface area contributed by atoms with Crippen molar-refractivity contribution in [2.45, 2.75) is 6.42 Å². The fourth-order valence-electron chi connectivity index (χ4n) is 1.51. The number of hydrogen-bond acceptors (Lipinski definition) is 1. The van der Waals surface area contributed by atoms with Gasteiger partial charge in [-0.05, 0) is 29.8 Å². The van der Waals surface area contributed by atoms with E-state index in [1.54, 1.807) is 12.1 Å². The number of anilines is 1. The standard InChI is InChI=1S/C14H12ClNO/c15-12-8-6-11(7-9-12)10-14(17)16-13-4-2-1-3-5-13/h1-9H,10H2,(H,16,17). The highest BCUT2D eigenvalue weighted by molar-refractivity contribution is 6.30. The van der Waals surface area contributed by atoms with E-state index in [9.17, 15) is 4.79 Å². The summed E-state index contributed by atoms with van der Waals surface area (Å²) in [5.74, 6) is -0.0291. The SMILES string of the molecule is O=C(Cc1ccc(Cl)cc1)Nc1ccccc1. The number of carbonyl (C=O) groups excluding carboxylic acids is 1. The van der Waals surface area contributed by atoms with Gasteiger partial charge in [0.15, 0.2) is 0 Å². The van der Waals surface area contributed by atoms with Gasteiger partial charge in [0.25, 0.3) is 0 Å². The van der Waals surface area contributed by atoms with Crippen molar-refractivity contribution >= 4 is 23.2 Å². The minimum Gasteiger partial charge on any atom is -0.326 e. The Bertz CT molecular complexity index is 493. The highest BCUT2D eigenvalue weighted by Crippen LogP contribution is 2.11. The average Bonchev–Trinajstić information content (AvgIpc) is 2.33. The van der Waals surface area contributed by atoms with E-state index >= 15 is 0 Å². The number of benzene rings is 2. The Labute approximate surface area is 105 Å². The van der Waals surface area contributed by atoms with Gasteiger partial charge in [0.1, 0.15) is 0 Å². The van der Waals surface area contributed by atoms with E-state index < -0.39 is 0 Å². The summed E-state index contributed by atoms with van der Waals surface area (Å²) < 4.78 is 0. The number of rotatable bonds is 3. The van der Waals surface area contributed by atoms with Crippen molar-refractivity contribution in [1.29, 1.82) is 0 Å². The zero-order chi connectivity index (χ0) is 12.1. The predicted molar refractivity (Wildman–Crippen MR) is 70.2 cm³/mol. The number of amides is 1. The van der Waals surface area contributed by atoms with Crippen LogP contribution in [0.4, 0.5) is 5.69 Å². The third-order valence-corrected chi connectivity index (χ3v) is 2.59. The predicted octanol–water partition coefficient (Wildman–Crippen LogP) is 3.52. The van der Waals surface area contributed by atoms with Crippen LogP contribution >= 0.6 is 11.6 Å². The smallest absolute Gasteiger partial charge is 0.228 e. The molecule has 2 aromatic carbocycles. The maximum atomic E-state index is 11.7. The van der Waals surface area contributed by atoms with E-state index in [2.05, 4.69) is 5.32 Å². The van der Waals surface area contributed by atoms with Gasteiger partial charge in [-0.15, -0.1) is 0 Å². The van der Waals surface area contributed by atoms with E-state index in [1.807, 2.05) is 42.5 Å². The normalized spacial score (nSPS) is 9.94. The van der Waals surface area contributed by atoms with E-state index in [0.29, 0.717) is 11.4 Å². The third kappa shape index (κ3) is 3.61. The molecule has 2 aromatic rings. The molecule has 2 nitrogen and oxygen atoms in total. The molecule has 0 heterocycles. The maximum Gasteiger partial charge on any atom is 0.228 e. The van der Waals surface area contributed by atoms with Crippen LogP contribution in [0.5, 0.6) is 0 Å². The van der Waals surface area contributed by atoms with Crippen molar-refractivity contribution < 1.29 is 4.79 Å². The summed E-state index contributed by atoms with van der Waals surface area (Å²) in [5.41, 5.74) is 1.76. The van der Waals surface area contributed by atoms with Crippen LogP contribution in [0.1, 0.15) is 5.56 Å². The Morgan fingerprint density at radius 1 is 1.00 bits per heavy atom. The van der Waals surface area contributed by atoms with E-state index in [-0.39, 0.29) is 5.91 Å². The molecule has 0 saturated heterocycles. The van der Waals surface area contributed by atoms with Crippen LogP contribution in [0.2, 0.25) is 5.02 Å². The molecule has 1 amide bonds. The summed E-state index contributed by atoms with van der Waals surface area (Å²) >= 11 is 5.78. The lowest BCUT2D eigenvalue weighted by Crippen LogP contribution is -2.14. The van der Waals surface area contributed by atoms with E-state index in [1.165, 1.54) is 0 Å². The zero-order valence-electron chi connectivity index (χ0n) is 9.19. The Morgan fingerprint density at radius 3 is 2.29 bits per heavy atom. The van der Waals surface area contributed by atoms with Gasteiger partial charge in [-0.3, -0.25) is 4.79 Å². The van der Waals surface area contributed by atoms with Gasteiger partial charge in [-0.1, -0.05) is 41.9 Å². The number of carbonyl (C=O) groups is 1. The van der Waals surface area contributed by atoms with Crippen molar-refractivity contribution in [3.05, 3.63) is 65.2 Å². The van der Waals surface area contributed by atoms with Crippen LogP contribution in [0, 0.1) is 0 Å². The van der Waals surface area contributed by atoms with Crippen molar-refractivity contribution in [1.82, 2.24) is 0 Å². The first-order chi connectivity index (χ1) is 8.24. The van der Waals surface area contributed by atoms with Gasteiger partial charge in [-0.2, -0.15) is 0 Å². The Kier molecular flexibility index (Phi) is 3.78. The molecule has 17 heavy (non-hydrogen) atoms. The highest BCUT2D eigenvalue weighted by atomic mass is 35.5. The van der Waals surface area contributed by atoms with E-state index in [4.69, 9.17) is 11.6 Å². The minimum atomic E-state index is -0.0291. The van der Waals surface area contributed by atoms with Crippen LogP contribution in [-0.4, -0.2) is 5.91 Å². The fraction of sp³-hybridized carbons (Fsp3) is 0.0714. The largest absolute Gasteiger partial charge is 0.326 e. The molecule has 0 bridgehead atoms. The first-order valence-electron chi connectivity index (χ1n) is 5.33. The zero-order valence-corrected chi connectivity index (χ0v) is 9.95. The molecule has 0 aromatic heterocycles. The molecular formula is C14H12ClNO. The van der Waals surface area contributed by atoms with Crippen LogP contribution < -0.4 is 5.32 Å². The van der Waals surface area contributed by atoms with Gasteiger partial charge < -0.3 is 5.32 Å². The lowest BCUT2D eigenvalue weighted by molar-refractivity contribution is -0.115. The molecule has 86 valence electrons. The molecule has 0 saturated carbocycles. The monoisotopic (exact) mass is 245 g/mol. The summed E-state index contributed by atoms with van der Waals surface area (Å²) in [7, 11) is 0. The van der Waals surface area contributed by atoms with Gasteiger partial charge >= 0.3 is 0 Å². The first-order valence-corrected chi connectivity index (χ1v) is 5.71. The van der Waals surface area contributed by atoms with Gasteiger partial charge in [-0.25, -0.2) is 0 Å². The fourth-order valence-corrected chi connectivity index (χ4v) is 1.64. The Morgan fingerprint density at radius 2 is 1.65 bits per heavy atom. The van der Waals surface area contributed by atoms with Crippen LogP contribution in [0.3, 0.4) is 0 Å². The number of hydrogen-bond donors (Lipinski definition) is 1. The molecule has 3 heteroatoms. The molecule has 0 unspecified atom stereocenters. The summed E-state index contributed by atoms with van der Waals surface area (Å²) in [6.07, 6.45) is 0.353. The second-order valence-electron chi connectivity index (χ2n) is 3.72. The topological polar surface area (TPSA) is 29.1 Å². The van der Waals surface area contributed by atoms with Gasteiger partial charge in [0.05, 0.1) is 6.42 Å². The van der Waals surface area contributed by atoms with E-state index in [0.717, 1.165) is 11.3 Å². The maximum absolute atomic E-state index is 11.7. The van der Waals surface area contributed by atoms with Crippen molar-refractivity contribution in [2.75, 3.05) is 5.32 Å². The van der Waals surface area contributed by atoms with Crippen molar-refractivity contribution in [3.8, 4) is 0 Å². The third-order valence-electron chi connectivity index (χ3n) is 2.34. The summed E-state index contributed by atoms with van der Waals surface area (Å²) in [6, 6.07) is 16.7. The average molecular weight is 246 g/mol. The summed E-state index contributed by atoms with van der Waals surface area (Å²) in [5, 5.41) is 3.51. The van der Waals surface area contributed by atoms with Gasteiger partial charge in [0, 0.05) is 10.7 Å². The van der Waals surface area contributed by atoms with Crippen molar-refractivity contribution in [3.63, 3.8) is 0 Å². The molecule has 0 spiro atoms. The second-order valence-corrected chi connectivity index (χ2v) is 4.15. The minimum absolute atomic E-state index is 0.0291. The Balaban J connectivity index is 1.96. The number of nitrogens with one attached hydrogen (secondary N) is 1. The second kappa shape index (κ2) is 5.51. The van der Waals surface area contributed by atoms with Crippen molar-refractivity contribution in [2.24, 2.45) is 0 Å². The van der Waals surface area contributed by atoms with Crippen LogP contribution in [-0.2, 0) is 11.2 Å². The Hall–Kier alpha value is -1.80. The lowest BCUT2D eigenvalue weighted by Gasteiger charge is -2.04. The number of halogens is 1. The number of para-hydroxylation sites is 1. The summed E-state index contributed by atoms with van der Waals surface area (Å²) in [4.78, 5) is 11.7. The molecule has 0 aliphatic carbocycles. The molecular weight excluding hydrogens is 234 g/mol. The van der Waals surface area contributed by atoms with Gasteiger partial charge in [0.2, 0.25) is 5.91 Å². The quantitative estimate of drug-likeness (QED) is 0.881. The van der Waals surface area contributed by atoms with Crippen LogP contribution in [0.15, 0.2) is 54.6 Å². The molecule has 0 atom stereocenters. The molecule has 0 aliphatic rings. The molecule has 0 radical (unpaired) electrons. The molecule has 0 aliphatic heterocycles. The first kappa shape index (κ1) is 11.7. The summed E-state index contributed by atoms with van der Waals surface area (Å²) in [6.45, 7) is 0. The molecule has 1 N–H and O–H groups in total. The molecule has 0 fully saturated rings.